The largest absolute Gasteiger partial charge is 0.420 e. The molecule has 124 valence electrons. The van der Waals surface area contributed by atoms with Crippen LogP contribution in [0.1, 0.15) is 22.9 Å². The lowest BCUT2D eigenvalue weighted by molar-refractivity contribution is 0.374. The van der Waals surface area contributed by atoms with Crippen LogP contribution in [-0.4, -0.2) is 20.3 Å². The maximum atomic E-state index is 5.75. The molecular weight excluding hydrogens is 316 g/mol. The quantitative estimate of drug-likeness (QED) is 0.562. The zero-order chi connectivity index (χ0) is 17.2. The minimum Gasteiger partial charge on any atom is -0.420 e. The van der Waals surface area contributed by atoms with Gasteiger partial charge in [-0.2, -0.15) is 4.98 Å². The normalized spacial score (nSPS) is 11.0. The van der Waals surface area contributed by atoms with E-state index in [0.717, 1.165) is 22.3 Å². The predicted octanol–water partition coefficient (Wildman–Crippen LogP) is 3.99. The number of aryl methyl sites for hydroxylation is 2. The van der Waals surface area contributed by atoms with Crippen LogP contribution in [0.25, 0.3) is 22.8 Å². The smallest absolute Gasteiger partial charge is 0.247 e. The molecule has 0 fully saturated rings. The third-order valence-electron chi connectivity index (χ3n) is 3.74. The number of aromatic nitrogens is 4. The summed E-state index contributed by atoms with van der Waals surface area (Å²) >= 11 is 0. The number of hydrogen-bond donors (Lipinski definition) is 0. The molecule has 0 unspecified atom stereocenters. The molecule has 0 N–H and O–H groups in total. The molecule has 0 bridgehead atoms. The van der Waals surface area contributed by atoms with Crippen LogP contribution in [0, 0.1) is 13.8 Å². The van der Waals surface area contributed by atoms with Gasteiger partial charge in [-0.25, -0.2) is 0 Å². The van der Waals surface area contributed by atoms with Crippen LogP contribution in [0.2, 0.25) is 0 Å². The highest BCUT2D eigenvalue weighted by Gasteiger charge is 2.14. The standard InChI is InChI=1S/C19H16N4O2/c1-12-8-13(2)10-15(9-12)19-22-21-17(24-19)11-16-20-18(23-25-16)14-6-4-3-5-7-14/h3-10H,11H2,1-2H3. The van der Waals surface area contributed by atoms with Gasteiger partial charge < -0.3 is 8.94 Å². The predicted molar refractivity (Wildman–Crippen MR) is 91.7 cm³/mol. The first-order valence-corrected chi connectivity index (χ1v) is 7.96. The van der Waals surface area contributed by atoms with Crippen LogP contribution < -0.4 is 0 Å². The van der Waals surface area contributed by atoms with E-state index in [1.54, 1.807) is 0 Å². The van der Waals surface area contributed by atoms with Crippen molar-refractivity contribution in [3.05, 3.63) is 71.4 Å². The molecule has 0 saturated carbocycles. The maximum absolute atomic E-state index is 5.75. The first-order chi connectivity index (χ1) is 12.2. The van der Waals surface area contributed by atoms with Crippen LogP contribution in [0.4, 0.5) is 0 Å². The lowest BCUT2D eigenvalue weighted by atomic mass is 10.1. The van der Waals surface area contributed by atoms with Crippen LogP contribution in [0.3, 0.4) is 0 Å². The van der Waals surface area contributed by atoms with Gasteiger partial charge in [0.25, 0.3) is 0 Å². The van der Waals surface area contributed by atoms with Gasteiger partial charge in [-0.05, 0) is 26.0 Å². The topological polar surface area (TPSA) is 77.8 Å². The average molecular weight is 332 g/mol. The SMILES string of the molecule is Cc1cc(C)cc(-c2nnc(Cc3nc(-c4ccccc4)no3)o2)c1. The van der Waals surface area contributed by atoms with Gasteiger partial charge in [0.2, 0.25) is 23.5 Å². The lowest BCUT2D eigenvalue weighted by Gasteiger charge is -1.99. The molecule has 0 amide bonds. The van der Waals surface area contributed by atoms with E-state index in [4.69, 9.17) is 8.94 Å². The number of benzene rings is 2. The summed E-state index contributed by atoms with van der Waals surface area (Å²) in [5.41, 5.74) is 4.11. The summed E-state index contributed by atoms with van der Waals surface area (Å²) in [6.07, 6.45) is 0.303. The fourth-order valence-electron chi connectivity index (χ4n) is 2.70. The summed E-state index contributed by atoms with van der Waals surface area (Å²) in [6, 6.07) is 15.8. The van der Waals surface area contributed by atoms with E-state index in [1.807, 2.05) is 56.3 Å². The molecule has 4 aromatic rings. The number of hydrogen-bond acceptors (Lipinski definition) is 6. The van der Waals surface area contributed by atoms with Crippen molar-refractivity contribution in [3.63, 3.8) is 0 Å². The molecule has 0 radical (unpaired) electrons. The molecular formula is C19H16N4O2. The van der Waals surface area contributed by atoms with Gasteiger partial charge in [0, 0.05) is 11.1 Å². The third-order valence-corrected chi connectivity index (χ3v) is 3.74. The van der Waals surface area contributed by atoms with Crippen molar-refractivity contribution in [2.45, 2.75) is 20.3 Å². The Morgan fingerprint density at radius 2 is 1.60 bits per heavy atom. The Bertz CT molecular complexity index is 985. The lowest BCUT2D eigenvalue weighted by Crippen LogP contribution is -1.88. The summed E-state index contributed by atoms with van der Waals surface area (Å²) in [5.74, 6) is 1.92. The summed E-state index contributed by atoms with van der Waals surface area (Å²) in [6.45, 7) is 4.08. The van der Waals surface area contributed by atoms with E-state index in [9.17, 15) is 0 Å². The number of nitrogens with zero attached hydrogens (tertiary/aromatic N) is 4. The third kappa shape index (κ3) is 3.33. The van der Waals surface area contributed by atoms with Crippen molar-refractivity contribution >= 4 is 0 Å². The van der Waals surface area contributed by atoms with Gasteiger partial charge in [-0.1, -0.05) is 52.7 Å². The van der Waals surface area contributed by atoms with Crippen molar-refractivity contribution in [3.8, 4) is 22.8 Å². The Morgan fingerprint density at radius 3 is 2.36 bits per heavy atom. The van der Waals surface area contributed by atoms with Gasteiger partial charge in [-0.3, -0.25) is 0 Å². The zero-order valence-corrected chi connectivity index (χ0v) is 13.9. The van der Waals surface area contributed by atoms with Crippen LogP contribution >= 0.6 is 0 Å². The van der Waals surface area contributed by atoms with Crippen molar-refractivity contribution in [1.82, 2.24) is 20.3 Å². The molecule has 0 saturated heterocycles. The van der Waals surface area contributed by atoms with E-state index < -0.39 is 0 Å². The molecule has 0 spiro atoms. The first-order valence-electron chi connectivity index (χ1n) is 7.96. The Kier molecular flexibility index (Phi) is 3.85. The highest BCUT2D eigenvalue weighted by molar-refractivity contribution is 5.55. The van der Waals surface area contributed by atoms with Crippen LogP contribution in [-0.2, 0) is 6.42 Å². The van der Waals surface area contributed by atoms with E-state index in [-0.39, 0.29) is 0 Å². The summed E-state index contributed by atoms with van der Waals surface area (Å²) < 4.78 is 11.0. The molecule has 0 aliphatic heterocycles. The Morgan fingerprint density at radius 1 is 0.840 bits per heavy atom. The Balaban J connectivity index is 1.55. The summed E-state index contributed by atoms with van der Waals surface area (Å²) in [7, 11) is 0. The Labute approximate surface area is 144 Å². The second kappa shape index (κ2) is 6.32. The van der Waals surface area contributed by atoms with Gasteiger partial charge in [0.05, 0.1) is 0 Å². The van der Waals surface area contributed by atoms with Crippen molar-refractivity contribution in [2.24, 2.45) is 0 Å². The molecule has 6 heteroatoms. The van der Waals surface area contributed by atoms with E-state index in [1.165, 1.54) is 0 Å². The van der Waals surface area contributed by atoms with Crippen molar-refractivity contribution in [2.75, 3.05) is 0 Å². The molecule has 0 aliphatic rings. The van der Waals surface area contributed by atoms with E-state index in [0.29, 0.717) is 29.9 Å². The average Bonchev–Trinajstić information content (AvgIpc) is 3.25. The molecule has 2 aromatic carbocycles. The first kappa shape index (κ1) is 15.3. The second-order valence-corrected chi connectivity index (χ2v) is 5.93. The van der Waals surface area contributed by atoms with Crippen LogP contribution in [0.5, 0.6) is 0 Å². The fourth-order valence-corrected chi connectivity index (χ4v) is 2.70. The van der Waals surface area contributed by atoms with Crippen molar-refractivity contribution < 1.29 is 8.94 Å². The minimum atomic E-state index is 0.303. The zero-order valence-electron chi connectivity index (χ0n) is 13.9. The van der Waals surface area contributed by atoms with Crippen LogP contribution in [0.15, 0.2) is 57.5 Å². The molecule has 4 rings (SSSR count). The summed E-state index contributed by atoms with van der Waals surface area (Å²) in [4.78, 5) is 4.38. The molecule has 2 heterocycles. The van der Waals surface area contributed by atoms with Crippen molar-refractivity contribution in [1.29, 1.82) is 0 Å². The number of rotatable bonds is 4. The molecule has 2 aromatic heterocycles. The van der Waals surface area contributed by atoms with Gasteiger partial charge >= 0.3 is 0 Å². The molecule has 25 heavy (non-hydrogen) atoms. The van der Waals surface area contributed by atoms with Gasteiger partial charge in [0.15, 0.2) is 0 Å². The monoisotopic (exact) mass is 332 g/mol. The maximum Gasteiger partial charge on any atom is 0.247 e. The highest BCUT2D eigenvalue weighted by atomic mass is 16.5. The highest BCUT2D eigenvalue weighted by Crippen LogP contribution is 2.22. The molecule has 0 atom stereocenters. The fraction of sp³-hybridized carbons (Fsp3) is 0.158. The second-order valence-electron chi connectivity index (χ2n) is 5.93. The van der Waals surface area contributed by atoms with E-state index >= 15 is 0 Å². The van der Waals surface area contributed by atoms with Gasteiger partial charge in [-0.15, -0.1) is 10.2 Å². The molecule has 0 aliphatic carbocycles. The summed E-state index contributed by atoms with van der Waals surface area (Å²) in [5, 5.41) is 12.2. The Hall–Kier alpha value is -3.28. The van der Waals surface area contributed by atoms with Gasteiger partial charge in [0.1, 0.15) is 6.42 Å². The van der Waals surface area contributed by atoms with E-state index in [2.05, 4.69) is 26.4 Å². The minimum absolute atomic E-state index is 0.303. The molecule has 6 nitrogen and oxygen atoms in total.